The van der Waals surface area contributed by atoms with Crippen molar-refractivity contribution in [2.45, 2.75) is 19.0 Å². The first-order valence-electron chi connectivity index (χ1n) is 8.59. The molecule has 0 amide bonds. The van der Waals surface area contributed by atoms with Crippen LogP contribution in [-0.4, -0.2) is 17.3 Å². The summed E-state index contributed by atoms with van der Waals surface area (Å²) < 4.78 is 39.7. The predicted molar refractivity (Wildman–Crippen MR) is 110 cm³/mol. The number of Topliss-reactive ketones (excluding diaryl/α,β-unsaturated/α-hetero) is 1. The summed E-state index contributed by atoms with van der Waals surface area (Å²) >= 11 is 1.43. The van der Waals surface area contributed by atoms with Gasteiger partial charge in [-0.25, -0.2) is 8.78 Å². The number of hydrogen-bond acceptors (Lipinski definition) is 3. The highest BCUT2D eigenvalue weighted by molar-refractivity contribution is 7.58. The Bertz CT molecular complexity index is 1110. The molecule has 1 heterocycles. The van der Waals surface area contributed by atoms with Crippen LogP contribution in [0.3, 0.4) is 0 Å². The molecule has 0 aliphatic carbocycles. The molecule has 2 unspecified atom stereocenters. The van der Waals surface area contributed by atoms with E-state index in [9.17, 15) is 23.0 Å². The van der Waals surface area contributed by atoms with E-state index in [1.165, 1.54) is 36.2 Å². The molecule has 0 radical (unpaired) electrons. The standard InChI is InChI=1S/C21H19F2O3PS/c1-13-6-9-20-15(10-13)16(12-28-20)21(27(2,25)26)19(24)5-3-4-14-7-8-17(22)18(23)11-14/h3-4,6-12,21H,5H2,1-2H3,(H,25,26)/b4-3+. The summed E-state index contributed by atoms with van der Waals surface area (Å²) in [5.74, 6) is -2.31. The number of ketones is 1. The molecule has 146 valence electrons. The minimum Gasteiger partial charge on any atom is -0.344 e. The topological polar surface area (TPSA) is 54.4 Å². The molecule has 2 atom stereocenters. The van der Waals surface area contributed by atoms with Crippen molar-refractivity contribution in [3.8, 4) is 0 Å². The third kappa shape index (κ3) is 4.46. The third-order valence-corrected chi connectivity index (χ3v) is 6.92. The zero-order valence-corrected chi connectivity index (χ0v) is 17.1. The lowest BCUT2D eigenvalue weighted by Crippen LogP contribution is -2.11. The highest BCUT2D eigenvalue weighted by Gasteiger charge is 2.35. The van der Waals surface area contributed by atoms with Crippen molar-refractivity contribution in [3.63, 3.8) is 0 Å². The zero-order chi connectivity index (χ0) is 20.5. The Morgan fingerprint density at radius 1 is 1.21 bits per heavy atom. The van der Waals surface area contributed by atoms with E-state index in [4.69, 9.17) is 0 Å². The molecule has 1 N–H and O–H groups in total. The first-order valence-corrected chi connectivity index (χ1v) is 11.6. The molecule has 3 nitrogen and oxygen atoms in total. The highest BCUT2D eigenvalue weighted by Crippen LogP contribution is 2.55. The second-order valence-corrected chi connectivity index (χ2v) is 10.1. The molecule has 2 aromatic carbocycles. The average molecular weight is 420 g/mol. The molecule has 0 aliphatic heterocycles. The summed E-state index contributed by atoms with van der Waals surface area (Å²) in [6.45, 7) is 3.11. The number of rotatable bonds is 6. The Labute approximate surface area is 165 Å². The van der Waals surface area contributed by atoms with Gasteiger partial charge in [0.2, 0.25) is 7.37 Å². The van der Waals surface area contributed by atoms with Crippen LogP contribution in [0, 0.1) is 18.6 Å². The van der Waals surface area contributed by atoms with E-state index in [1.54, 1.807) is 5.38 Å². The van der Waals surface area contributed by atoms with Gasteiger partial charge in [-0.3, -0.25) is 9.36 Å². The van der Waals surface area contributed by atoms with Gasteiger partial charge in [-0.15, -0.1) is 11.3 Å². The SMILES string of the molecule is Cc1ccc2scc(C(C(=O)C/C=C/c3ccc(F)c(F)c3)P(C)(=O)O)c2c1. The second kappa shape index (κ2) is 8.08. The van der Waals surface area contributed by atoms with Gasteiger partial charge < -0.3 is 4.89 Å². The van der Waals surface area contributed by atoms with Crippen LogP contribution in [0.4, 0.5) is 8.78 Å². The molecule has 0 fully saturated rings. The van der Waals surface area contributed by atoms with E-state index in [-0.39, 0.29) is 6.42 Å². The van der Waals surface area contributed by atoms with Crippen LogP contribution >= 0.6 is 18.7 Å². The number of fused-ring (bicyclic) bond motifs is 1. The molecule has 0 saturated heterocycles. The van der Waals surface area contributed by atoms with E-state index in [0.29, 0.717) is 11.1 Å². The van der Waals surface area contributed by atoms with Crippen molar-refractivity contribution in [1.82, 2.24) is 0 Å². The van der Waals surface area contributed by atoms with Gasteiger partial charge in [0, 0.05) is 17.8 Å². The molecule has 28 heavy (non-hydrogen) atoms. The number of carbonyl (C=O) groups is 1. The van der Waals surface area contributed by atoms with E-state index in [1.807, 2.05) is 25.1 Å². The molecule has 0 saturated carbocycles. The molecule has 0 spiro atoms. The van der Waals surface area contributed by atoms with Crippen LogP contribution in [0.5, 0.6) is 0 Å². The van der Waals surface area contributed by atoms with Crippen LogP contribution in [0.2, 0.25) is 0 Å². The maximum absolute atomic E-state index is 13.3. The number of benzene rings is 2. The largest absolute Gasteiger partial charge is 0.344 e. The summed E-state index contributed by atoms with van der Waals surface area (Å²) in [4.78, 5) is 23.1. The van der Waals surface area contributed by atoms with E-state index in [2.05, 4.69) is 0 Å². The molecular formula is C21H19F2O3PS. The van der Waals surface area contributed by atoms with Crippen molar-refractivity contribution in [2.75, 3.05) is 6.66 Å². The first-order chi connectivity index (χ1) is 13.2. The fraction of sp³-hybridized carbons (Fsp3) is 0.190. The van der Waals surface area contributed by atoms with Crippen LogP contribution in [0.25, 0.3) is 16.2 Å². The maximum atomic E-state index is 13.3. The number of allylic oxidation sites excluding steroid dienone is 1. The van der Waals surface area contributed by atoms with Gasteiger partial charge in [0.05, 0.1) is 0 Å². The minimum absolute atomic E-state index is 0.0921. The Morgan fingerprint density at radius 3 is 2.64 bits per heavy atom. The normalized spacial score (nSPS) is 15.0. The van der Waals surface area contributed by atoms with Gasteiger partial charge in [-0.2, -0.15) is 0 Å². The van der Waals surface area contributed by atoms with E-state index in [0.717, 1.165) is 27.8 Å². The van der Waals surface area contributed by atoms with Gasteiger partial charge in [0.1, 0.15) is 5.66 Å². The Hall–Kier alpha value is -2.14. The van der Waals surface area contributed by atoms with Gasteiger partial charge >= 0.3 is 0 Å². The van der Waals surface area contributed by atoms with Gasteiger partial charge in [-0.05, 0) is 47.0 Å². The van der Waals surface area contributed by atoms with E-state index >= 15 is 0 Å². The van der Waals surface area contributed by atoms with Crippen LogP contribution < -0.4 is 0 Å². The Balaban J connectivity index is 1.88. The number of thiophene rings is 1. The molecule has 7 heteroatoms. The second-order valence-electron chi connectivity index (χ2n) is 6.78. The lowest BCUT2D eigenvalue weighted by atomic mass is 10.0. The van der Waals surface area contributed by atoms with Crippen molar-refractivity contribution < 1.29 is 23.0 Å². The average Bonchev–Trinajstić information content (AvgIpc) is 3.00. The van der Waals surface area contributed by atoms with Crippen molar-refractivity contribution in [2.24, 2.45) is 0 Å². The summed E-state index contributed by atoms with van der Waals surface area (Å²) in [6, 6.07) is 9.22. The van der Waals surface area contributed by atoms with Gasteiger partial charge in [0.15, 0.2) is 17.4 Å². The van der Waals surface area contributed by atoms with Crippen molar-refractivity contribution in [1.29, 1.82) is 0 Å². The lowest BCUT2D eigenvalue weighted by molar-refractivity contribution is -0.118. The number of halogens is 2. The molecule has 3 aromatic rings. The minimum atomic E-state index is -3.75. The molecule has 3 rings (SSSR count). The lowest BCUT2D eigenvalue weighted by Gasteiger charge is -2.18. The third-order valence-electron chi connectivity index (χ3n) is 4.41. The van der Waals surface area contributed by atoms with Crippen LogP contribution in [0.15, 0.2) is 47.9 Å². The number of carbonyl (C=O) groups excluding carboxylic acids is 1. The molecule has 0 bridgehead atoms. The molecule has 0 aliphatic rings. The fourth-order valence-electron chi connectivity index (χ4n) is 3.11. The zero-order valence-electron chi connectivity index (χ0n) is 15.4. The summed E-state index contributed by atoms with van der Waals surface area (Å²) in [6.07, 6.45) is 2.90. The van der Waals surface area contributed by atoms with E-state index < -0.39 is 30.4 Å². The summed E-state index contributed by atoms with van der Waals surface area (Å²) in [7, 11) is -3.75. The van der Waals surface area contributed by atoms with Crippen molar-refractivity contribution >= 4 is 40.7 Å². The molecule has 1 aromatic heterocycles. The Kier molecular flexibility index (Phi) is 5.94. The fourth-order valence-corrected chi connectivity index (χ4v) is 5.55. The van der Waals surface area contributed by atoms with Gasteiger partial charge in [-0.1, -0.05) is 35.9 Å². The van der Waals surface area contributed by atoms with Crippen LogP contribution in [0.1, 0.15) is 28.8 Å². The summed E-state index contributed by atoms with van der Waals surface area (Å²) in [5.41, 5.74) is 0.838. The predicted octanol–water partition coefficient (Wildman–Crippen LogP) is 6.10. The Morgan fingerprint density at radius 2 is 1.96 bits per heavy atom. The van der Waals surface area contributed by atoms with Crippen molar-refractivity contribution in [3.05, 3.63) is 76.2 Å². The first kappa shape index (κ1) is 20.6. The number of aryl methyl sites for hydroxylation is 1. The van der Waals surface area contributed by atoms with Gasteiger partial charge in [0.25, 0.3) is 0 Å². The smallest absolute Gasteiger partial charge is 0.212 e. The van der Waals surface area contributed by atoms with Crippen LogP contribution in [-0.2, 0) is 9.36 Å². The summed E-state index contributed by atoms with van der Waals surface area (Å²) in [5, 5.41) is 2.57. The maximum Gasteiger partial charge on any atom is 0.212 e. The highest BCUT2D eigenvalue weighted by atomic mass is 32.1. The number of hydrogen-bond donors (Lipinski definition) is 1. The monoisotopic (exact) mass is 420 g/mol. The quantitative estimate of drug-likeness (QED) is 0.490. The molecular weight excluding hydrogens is 401 g/mol.